The number of nitrogens with one attached hydrogen (secondary N) is 1. The minimum atomic E-state index is 0.892. The smallest absolute Gasteiger partial charge is 0.00206 e. The molecule has 1 saturated heterocycles. The van der Waals surface area contributed by atoms with E-state index >= 15 is 0 Å². The molecule has 1 aliphatic rings. The van der Waals surface area contributed by atoms with E-state index in [9.17, 15) is 0 Å². The Kier molecular flexibility index (Phi) is 1.90. The summed E-state index contributed by atoms with van der Waals surface area (Å²) < 4.78 is 0. The summed E-state index contributed by atoms with van der Waals surface area (Å²) in [7, 11) is 0. The maximum absolute atomic E-state index is 3.36. The lowest BCUT2D eigenvalue weighted by Gasteiger charge is -2.25. The lowest BCUT2D eigenvalue weighted by atomic mass is 9.90. The van der Waals surface area contributed by atoms with Crippen LogP contribution in [-0.2, 0) is 0 Å². The number of hydrogen-bond donors (Lipinski definition) is 1. The molecule has 0 spiro atoms. The monoisotopic (exact) mass is 113 g/mol. The highest BCUT2D eigenvalue weighted by molar-refractivity contribution is 4.70. The SMILES string of the molecule is C[C@H]1CCNC[C@@H]1C. The molecule has 1 heterocycles. The second kappa shape index (κ2) is 2.49. The Bertz CT molecular complexity index is 60.8. The standard InChI is InChI=1S/C7H15N/c1-6-3-4-8-5-7(6)2/h6-8H,3-5H2,1-2H3/t6-,7-/m0/s1. The zero-order chi connectivity index (χ0) is 5.98. The van der Waals surface area contributed by atoms with E-state index in [1.165, 1.54) is 19.5 Å². The van der Waals surface area contributed by atoms with Gasteiger partial charge in [0.25, 0.3) is 0 Å². The molecule has 0 saturated carbocycles. The third-order valence-electron chi connectivity index (χ3n) is 2.21. The van der Waals surface area contributed by atoms with Crippen LogP contribution in [-0.4, -0.2) is 13.1 Å². The molecule has 0 aromatic rings. The van der Waals surface area contributed by atoms with Crippen molar-refractivity contribution in [1.29, 1.82) is 0 Å². The van der Waals surface area contributed by atoms with Crippen LogP contribution < -0.4 is 5.32 Å². The van der Waals surface area contributed by atoms with E-state index in [1.54, 1.807) is 0 Å². The lowest BCUT2D eigenvalue weighted by Crippen LogP contribution is -2.33. The van der Waals surface area contributed by atoms with Gasteiger partial charge in [0.15, 0.2) is 0 Å². The van der Waals surface area contributed by atoms with Crippen molar-refractivity contribution < 1.29 is 0 Å². The summed E-state index contributed by atoms with van der Waals surface area (Å²) in [6, 6.07) is 0. The molecular formula is C7H15N. The van der Waals surface area contributed by atoms with E-state index in [2.05, 4.69) is 19.2 Å². The Balaban J connectivity index is 2.28. The van der Waals surface area contributed by atoms with Crippen LogP contribution >= 0.6 is 0 Å². The molecular weight excluding hydrogens is 98.1 g/mol. The van der Waals surface area contributed by atoms with Crippen LogP contribution in [0.2, 0.25) is 0 Å². The van der Waals surface area contributed by atoms with Gasteiger partial charge in [-0.05, 0) is 31.3 Å². The minimum Gasteiger partial charge on any atom is -0.316 e. The van der Waals surface area contributed by atoms with Crippen LogP contribution in [0, 0.1) is 11.8 Å². The van der Waals surface area contributed by atoms with Crippen LogP contribution in [0.15, 0.2) is 0 Å². The molecule has 0 aromatic heterocycles. The van der Waals surface area contributed by atoms with Gasteiger partial charge in [0.1, 0.15) is 0 Å². The summed E-state index contributed by atoms with van der Waals surface area (Å²) in [5, 5.41) is 3.36. The van der Waals surface area contributed by atoms with Gasteiger partial charge in [0, 0.05) is 0 Å². The van der Waals surface area contributed by atoms with Gasteiger partial charge in [-0.3, -0.25) is 0 Å². The molecule has 1 aliphatic heterocycles. The average molecular weight is 113 g/mol. The Morgan fingerprint density at radius 2 is 2.00 bits per heavy atom. The van der Waals surface area contributed by atoms with Gasteiger partial charge in [-0.1, -0.05) is 13.8 Å². The summed E-state index contributed by atoms with van der Waals surface area (Å²) in [6.07, 6.45) is 1.36. The molecule has 2 atom stereocenters. The van der Waals surface area contributed by atoms with Crippen molar-refractivity contribution in [2.45, 2.75) is 20.3 Å². The molecule has 0 unspecified atom stereocenters. The molecule has 1 fully saturated rings. The quantitative estimate of drug-likeness (QED) is 0.498. The second-order valence-electron chi connectivity index (χ2n) is 2.95. The number of rotatable bonds is 0. The second-order valence-corrected chi connectivity index (χ2v) is 2.95. The first-order valence-electron chi connectivity index (χ1n) is 3.51. The van der Waals surface area contributed by atoms with E-state index in [-0.39, 0.29) is 0 Å². The zero-order valence-corrected chi connectivity index (χ0v) is 5.78. The van der Waals surface area contributed by atoms with Gasteiger partial charge >= 0.3 is 0 Å². The van der Waals surface area contributed by atoms with Crippen molar-refractivity contribution in [3.05, 3.63) is 0 Å². The molecule has 1 nitrogen and oxygen atoms in total. The first-order chi connectivity index (χ1) is 3.80. The topological polar surface area (TPSA) is 12.0 Å². The molecule has 48 valence electrons. The Morgan fingerprint density at radius 1 is 1.25 bits per heavy atom. The highest BCUT2D eigenvalue weighted by Crippen LogP contribution is 2.16. The van der Waals surface area contributed by atoms with Gasteiger partial charge in [-0.2, -0.15) is 0 Å². The average Bonchev–Trinajstić information content (AvgIpc) is 1.77. The number of piperidine rings is 1. The molecule has 0 amide bonds. The van der Waals surface area contributed by atoms with Crippen molar-refractivity contribution in [2.24, 2.45) is 11.8 Å². The minimum absolute atomic E-state index is 0.892. The first-order valence-corrected chi connectivity index (χ1v) is 3.51. The van der Waals surface area contributed by atoms with Gasteiger partial charge in [-0.15, -0.1) is 0 Å². The zero-order valence-electron chi connectivity index (χ0n) is 5.78. The van der Waals surface area contributed by atoms with Gasteiger partial charge < -0.3 is 5.32 Å². The van der Waals surface area contributed by atoms with E-state index in [4.69, 9.17) is 0 Å². The van der Waals surface area contributed by atoms with Crippen LogP contribution in [0.3, 0.4) is 0 Å². The summed E-state index contributed by atoms with van der Waals surface area (Å²) in [5.74, 6) is 1.83. The summed E-state index contributed by atoms with van der Waals surface area (Å²) >= 11 is 0. The van der Waals surface area contributed by atoms with E-state index < -0.39 is 0 Å². The fraction of sp³-hybridized carbons (Fsp3) is 1.00. The van der Waals surface area contributed by atoms with Crippen molar-refractivity contribution in [3.63, 3.8) is 0 Å². The number of hydrogen-bond acceptors (Lipinski definition) is 1. The van der Waals surface area contributed by atoms with Crippen molar-refractivity contribution in [1.82, 2.24) is 5.32 Å². The van der Waals surface area contributed by atoms with Gasteiger partial charge in [0.2, 0.25) is 0 Å². The largest absolute Gasteiger partial charge is 0.316 e. The van der Waals surface area contributed by atoms with Crippen LogP contribution in [0.5, 0.6) is 0 Å². The molecule has 1 N–H and O–H groups in total. The van der Waals surface area contributed by atoms with Crippen LogP contribution in [0.25, 0.3) is 0 Å². The third kappa shape index (κ3) is 1.22. The van der Waals surface area contributed by atoms with Crippen molar-refractivity contribution in [3.8, 4) is 0 Å². The molecule has 0 aromatic carbocycles. The highest BCUT2D eigenvalue weighted by Gasteiger charge is 2.14. The first kappa shape index (κ1) is 6.09. The Morgan fingerprint density at radius 3 is 2.38 bits per heavy atom. The maximum atomic E-state index is 3.36. The van der Waals surface area contributed by atoms with E-state index in [0.717, 1.165) is 11.8 Å². The lowest BCUT2D eigenvalue weighted by molar-refractivity contribution is 0.295. The highest BCUT2D eigenvalue weighted by atomic mass is 14.9. The Hall–Kier alpha value is -0.0400. The van der Waals surface area contributed by atoms with Gasteiger partial charge in [0.05, 0.1) is 0 Å². The summed E-state index contributed by atoms with van der Waals surface area (Å²) in [6.45, 7) is 7.11. The van der Waals surface area contributed by atoms with Crippen molar-refractivity contribution >= 4 is 0 Å². The third-order valence-corrected chi connectivity index (χ3v) is 2.21. The summed E-state index contributed by atoms with van der Waals surface area (Å²) in [5.41, 5.74) is 0. The van der Waals surface area contributed by atoms with Crippen LogP contribution in [0.1, 0.15) is 20.3 Å². The van der Waals surface area contributed by atoms with E-state index in [0.29, 0.717) is 0 Å². The van der Waals surface area contributed by atoms with Crippen molar-refractivity contribution in [2.75, 3.05) is 13.1 Å². The molecule has 1 heteroatoms. The maximum Gasteiger partial charge on any atom is -0.00206 e. The van der Waals surface area contributed by atoms with E-state index in [1.807, 2.05) is 0 Å². The predicted molar refractivity (Wildman–Crippen MR) is 35.8 cm³/mol. The summed E-state index contributed by atoms with van der Waals surface area (Å²) in [4.78, 5) is 0. The molecule has 0 bridgehead atoms. The Labute approximate surface area is 51.5 Å². The fourth-order valence-electron chi connectivity index (χ4n) is 1.15. The molecule has 8 heavy (non-hydrogen) atoms. The van der Waals surface area contributed by atoms with Crippen LogP contribution in [0.4, 0.5) is 0 Å². The molecule has 1 rings (SSSR count). The van der Waals surface area contributed by atoms with Gasteiger partial charge in [-0.25, -0.2) is 0 Å². The predicted octanol–water partition coefficient (Wildman–Crippen LogP) is 1.25. The normalized spacial score (nSPS) is 39.8. The fourth-order valence-corrected chi connectivity index (χ4v) is 1.15. The molecule has 0 aliphatic carbocycles. The molecule has 0 radical (unpaired) electrons.